The van der Waals surface area contributed by atoms with E-state index < -0.39 is 0 Å². The average molecular weight is 276 g/mol. The highest BCUT2D eigenvalue weighted by molar-refractivity contribution is 5.92. The van der Waals surface area contributed by atoms with Gasteiger partial charge in [0.25, 0.3) is 5.91 Å². The minimum Gasteiger partial charge on any atom is -0.348 e. The summed E-state index contributed by atoms with van der Waals surface area (Å²) >= 11 is 0. The van der Waals surface area contributed by atoms with Gasteiger partial charge >= 0.3 is 0 Å². The van der Waals surface area contributed by atoms with Crippen molar-refractivity contribution in [3.05, 3.63) is 23.8 Å². The molecule has 2 rings (SSSR count). The van der Waals surface area contributed by atoms with E-state index in [9.17, 15) is 4.79 Å². The van der Waals surface area contributed by atoms with Crippen LogP contribution in [0.25, 0.3) is 0 Å². The summed E-state index contributed by atoms with van der Waals surface area (Å²) in [5.74, 6) is -0.119. The van der Waals surface area contributed by atoms with Crippen LogP contribution in [0.3, 0.4) is 0 Å². The Kier molecular flexibility index (Phi) is 4.38. The van der Waals surface area contributed by atoms with E-state index in [-0.39, 0.29) is 17.5 Å². The molecule has 1 aliphatic rings. The minimum atomic E-state index is -0.119. The molecule has 1 aromatic heterocycles. The zero-order valence-corrected chi connectivity index (χ0v) is 12.8. The molecule has 1 aliphatic heterocycles. The lowest BCUT2D eigenvalue weighted by molar-refractivity contribution is 0.0809. The van der Waals surface area contributed by atoms with Crippen LogP contribution >= 0.6 is 0 Å². The first kappa shape index (κ1) is 14.9. The summed E-state index contributed by atoms with van der Waals surface area (Å²) in [5, 5.41) is 3.06. The lowest BCUT2D eigenvalue weighted by atomic mass is 9.98. The molecule has 1 fully saturated rings. The molecule has 0 spiro atoms. The Morgan fingerprint density at radius 1 is 1.25 bits per heavy atom. The minimum absolute atomic E-state index is 0.119. The molecule has 5 nitrogen and oxygen atoms in total. The zero-order chi connectivity index (χ0) is 14.8. The van der Waals surface area contributed by atoms with Crippen molar-refractivity contribution in [1.82, 2.24) is 20.2 Å². The molecule has 110 valence electrons. The Balaban J connectivity index is 1.86. The average Bonchev–Trinajstić information content (AvgIpc) is 2.39. The van der Waals surface area contributed by atoms with Gasteiger partial charge in [-0.3, -0.25) is 14.7 Å². The number of carbonyl (C=O) groups excluding carboxylic acids is 1. The quantitative estimate of drug-likeness (QED) is 0.894. The first-order chi connectivity index (χ1) is 9.36. The molecule has 0 unspecified atom stereocenters. The third kappa shape index (κ3) is 3.76. The van der Waals surface area contributed by atoms with Crippen molar-refractivity contribution >= 4 is 5.91 Å². The second kappa shape index (κ2) is 5.87. The van der Waals surface area contributed by atoms with E-state index in [1.165, 1.54) is 6.20 Å². The van der Waals surface area contributed by atoms with Crippen molar-refractivity contribution < 1.29 is 4.79 Å². The predicted octanol–water partition coefficient (Wildman–Crippen LogP) is 1.78. The first-order valence-corrected chi connectivity index (χ1v) is 7.21. The van der Waals surface area contributed by atoms with Gasteiger partial charge in [-0.25, -0.2) is 4.98 Å². The highest BCUT2D eigenvalue weighted by Crippen LogP contribution is 2.20. The van der Waals surface area contributed by atoms with Crippen LogP contribution in [0, 0.1) is 6.92 Å². The normalized spacial score (nSPS) is 18.0. The van der Waals surface area contributed by atoms with Gasteiger partial charge < -0.3 is 5.32 Å². The van der Waals surface area contributed by atoms with Crippen molar-refractivity contribution in [2.24, 2.45) is 0 Å². The number of piperidine rings is 1. The maximum atomic E-state index is 12.1. The predicted molar refractivity (Wildman–Crippen MR) is 78.6 cm³/mol. The highest BCUT2D eigenvalue weighted by atomic mass is 16.1. The van der Waals surface area contributed by atoms with Crippen molar-refractivity contribution in [2.45, 2.75) is 52.1 Å². The van der Waals surface area contributed by atoms with E-state index in [1.807, 2.05) is 6.92 Å². The molecule has 5 heteroatoms. The molecular weight excluding hydrogens is 252 g/mol. The topological polar surface area (TPSA) is 58.1 Å². The molecule has 1 aromatic rings. The molecule has 0 aromatic carbocycles. The Hall–Kier alpha value is -1.49. The summed E-state index contributed by atoms with van der Waals surface area (Å²) < 4.78 is 0. The van der Waals surface area contributed by atoms with Crippen LogP contribution in [0.1, 0.15) is 49.8 Å². The Bertz CT molecular complexity index is 456. The maximum absolute atomic E-state index is 12.1. The summed E-state index contributed by atoms with van der Waals surface area (Å²) in [6.07, 6.45) is 5.14. The summed E-state index contributed by atoms with van der Waals surface area (Å²) in [6, 6.07) is 0.240. The van der Waals surface area contributed by atoms with Gasteiger partial charge in [-0.05, 0) is 40.5 Å². The van der Waals surface area contributed by atoms with Crippen LogP contribution in [-0.2, 0) is 0 Å². The summed E-state index contributed by atoms with van der Waals surface area (Å²) in [6.45, 7) is 10.6. The standard InChI is InChI=1S/C15H24N4O/c1-11-9-17-13(10-16-11)14(20)18-12-5-7-19(8-6-12)15(2,3)4/h9-10,12H,5-8H2,1-4H3,(H,18,20). The number of nitrogens with zero attached hydrogens (tertiary/aromatic N) is 3. The Labute approximate surface area is 120 Å². The molecule has 0 saturated carbocycles. The third-order valence-electron chi connectivity index (χ3n) is 3.79. The smallest absolute Gasteiger partial charge is 0.271 e. The number of carbonyl (C=O) groups is 1. The second-order valence-corrected chi connectivity index (χ2v) is 6.45. The molecule has 0 atom stereocenters. The monoisotopic (exact) mass is 276 g/mol. The molecule has 1 amide bonds. The van der Waals surface area contributed by atoms with Gasteiger partial charge in [-0.2, -0.15) is 0 Å². The van der Waals surface area contributed by atoms with Crippen molar-refractivity contribution in [3.63, 3.8) is 0 Å². The molecule has 1 N–H and O–H groups in total. The summed E-state index contributed by atoms with van der Waals surface area (Å²) in [5.41, 5.74) is 1.42. The van der Waals surface area contributed by atoms with Crippen LogP contribution in [0.2, 0.25) is 0 Å². The lowest BCUT2D eigenvalue weighted by Gasteiger charge is -2.40. The van der Waals surface area contributed by atoms with Gasteiger partial charge in [-0.15, -0.1) is 0 Å². The number of aromatic nitrogens is 2. The van der Waals surface area contributed by atoms with Gasteiger partial charge in [0.15, 0.2) is 0 Å². The fraction of sp³-hybridized carbons (Fsp3) is 0.667. The van der Waals surface area contributed by atoms with E-state index in [2.05, 4.69) is 41.0 Å². The van der Waals surface area contributed by atoms with E-state index >= 15 is 0 Å². The number of hydrogen-bond acceptors (Lipinski definition) is 4. The van der Waals surface area contributed by atoms with Crippen molar-refractivity contribution in [1.29, 1.82) is 0 Å². The van der Waals surface area contributed by atoms with E-state index in [1.54, 1.807) is 6.20 Å². The van der Waals surface area contributed by atoms with Gasteiger partial charge in [0, 0.05) is 30.9 Å². The number of rotatable bonds is 2. The zero-order valence-electron chi connectivity index (χ0n) is 12.8. The van der Waals surface area contributed by atoms with E-state index in [0.717, 1.165) is 31.6 Å². The molecule has 1 saturated heterocycles. The number of hydrogen-bond donors (Lipinski definition) is 1. The number of aryl methyl sites for hydroxylation is 1. The van der Waals surface area contributed by atoms with Gasteiger partial charge in [0.1, 0.15) is 5.69 Å². The van der Waals surface area contributed by atoms with Gasteiger partial charge in [0.05, 0.1) is 11.9 Å². The number of nitrogens with one attached hydrogen (secondary N) is 1. The molecular formula is C15H24N4O. The Morgan fingerprint density at radius 2 is 1.90 bits per heavy atom. The van der Waals surface area contributed by atoms with Crippen LogP contribution in [0.15, 0.2) is 12.4 Å². The number of likely N-dealkylation sites (tertiary alicyclic amines) is 1. The summed E-state index contributed by atoms with van der Waals surface area (Å²) in [7, 11) is 0. The largest absolute Gasteiger partial charge is 0.348 e. The van der Waals surface area contributed by atoms with Gasteiger partial charge in [0.2, 0.25) is 0 Å². The molecule has 0 radical (unpaired) electrons. The molecule has 0 bridgehead atoms. The maximum Gasteiger partial charge on any atom is 0.271 e. The first-order valence-electron chi connectivity index (χ1n) is 7.21. The SMILES string of the molecule is Cc1cnc(C(=O)NC2CCN(C(C)(C)C)CC2)cn1. The van der Waals surface area contributed by atoms with Crippen molar-refractivity contribution in [2.75, 3.05) is 13.1 Å². The van der Waals surface area contributed by atoms with Crippen LogP contribution in [-0.4, -0.2) is 45.4 Å². The Morgan fingerprint density at radius 3 is 2.40 bits per heavy atom. The molecule has 20 heavy (non-hydrogen) atoms. The van der Waals surface area contributed by atoms with Crippen LogP contribution in [0.5, 0.6) is 0 Å². The fourth-order valence-corrected chi connectivity index (χ4v) is 2.46. The van der Waals surface area contributed by atoms with Crippen molar-refractivity contribution in [3.8, 4) is 0 Å². The second-order valence-electron chi connectivity index (χ2n) is 6.45. The lowest BCUT2D eigenvalue weighted by Crippen LogP contribution is -2.50. The number of amides is 1. The van der Waals surface area contributed by atoms with Gasteiger partial charge in [-0.1, -0.05) is 0 Å². The highest BCUT2D eigenvalue weighted by Gasteiger charge is 2.27. The van der Waals surface area contributed by atoms with Crippen LogP contribution in [0.4, 0.5) is 0 Å². The van der Waals surface area contributed by atoms with Crippen LogP contribution < -0.4 is 5.32 Å². The van der Waals surface area contributed by atoms with E-state index in [4.69, 9.17) is 0 Å². The molecule has 0 aliphatic carbocycles. The van der Waals surface area contributed by atoms with E-state index in [0.29, 0.717) is 5.69 Å². The fourth-order valence-electron chi connectivity index (χ4n) is 2.46. The third-order valence-corrected chi connectivity index (χ3v) is 3.79. The molecule has 2 heterocycles. The summed E-state index contributed by atoms with van der Waals surface area (Å²) in [4.78, 5) is 22.8.